The summed E-state index contributed by atoms with van der Waals surface area (Å²) >= 11 is 5.88. The van der Waals surface area contributed by atoms with Crippen LogP contribution in [0.25, 0.3) is 0 Å². The van der Waals surface area contributed by atoms with Crippen LogP contribution in [0.3, 0.4) is 0 Å². The zero-order chi connectivity index (χ0) is 22.2. The van der Waals surface area contributed by atoms with Gasteiger partial charge < -0.3 is 15.7 Å². The summed E-state index contributed by atoms with van der Waals surface area (Å²) in [5, 5.41) is 15.5. The van der Waals surface area contributed by atoms with Crippen LogP contribution in [0.15, 0.2) is 72.8 Å². The minimum Gasteiger partial charge on any atom is -0.508 e. The molecule has 7 heteroatoms. The summed E-state index contributed by atoms with van der Waals surface area (Å²) in [6.45, 7) is 0.669. The van der Waals surface area contributed by atoms with Crippen LogP contribution in [0.4, 0.5) is 0 Å². The average Bonchev–Trinajstić information content (AvgIpc) is 2.78. The van der Waals surface area contributed by atoms with Crippen LogP contribution < -0.4 is 10.6 Å². The molecule has 0 heterocycles. The molecular weight excluding hydrogens is 416 g/mol. The molecule has 0 unspecified atom stereocenters. The monoisotopic (exact) mass is 436 g/mol. The molecule has 158 valence electrons. The number of carbonyl (C=O) groups is 3. The molecule has 0 saturated carbocycles. The van der Waals surface area contributed by atoms with Gasteiger partial charge in [-0.1, -0.05) is 35.9 Å². The van der Waals surface area contributed by atoms with Gasteiger partial charge >= 0.3 is 0 Å². The van der Waals surface area contributed by atoms with Crippen LogP contribution in [-0.2, 0) is 0 Å². The van der Waals surface area contributed by atoms with Crippen molar-refractivity contribution in [2.75, 3.05) is 13.1 Å². The second-order valence-electron chi connectivity index (χ2n) is 6.80. The van der Waals surface area contributed by atoms with E-state index in [1.165, 1.54) is 12.1 Å². The number of hydrogen-bond acceptors (Lipinski definition) is 4. The first-order chi connectivity index (χ1) is 15.0. The standard InChI is InChI=1S/C24H21ClN2O4/c25-18-11-9-16(10-12-18)22(29)20-7-1-2-8-21(20)24(31)27-14-4-13-26-23(30)17-5-3-6-19(28)15-17/h1-3,5-12,15,28H,4,13-14H2,(H,26,30)(H,27,31). The highest BCUT2D eigenvalue weighted by Gasteiger charge is 2.17. The molecule has 2 amide bonds. The van der Waals surface area contributed by atoms with E-state index in [1.54, 1.807) is 60.7 Å². The van der Waals surface area contributed by atoms with Gasteiger partial charge in [-0.3, -0.25) is 14.4 Å². The van der Waals surface area contributed by atoms with Gasteiger partial charge in [-0.15, -0.1) is 0 Å². The molecule has 0 aliphatic rings. The number of ketones is 1. The molecule has 3 N–H and O–H groups in total. The minimum absolute atomic E-state index is 0.0201. The lowest BCUT2D eigenvalue weighted by Crippen LogP contribution is -2.30. The largest absolute Gasteiger partial charge is 0.508 e. The maximum Gasteiger partial charge on any atom is 0.252 e. The van der Waals surface area contributed by atoms with E-state index in [-0.39, 0.29) is 28.9 Å². The summed E-state index contributed by atoms with van der Waals surface area (Å²) < 4.78 is 0. The predicted octanol–water partition coefficient (Wildman–Crippen LogP) is 3.83. The predicted molar refractivity (Wildman–Crippen MR) is 119 cm³/mol. The lowest BCUT2D eigenvalue weighted by molar-refractivity contribution is 0.0940. The smallest absolute Gasteiger partial charge is 0.252 e. The lowest BCUT2D eigenvalue weighted by Gasteiger charge is -2.10. The third-order valence-electron chi connectivity index (χ3n) is 4.56. The number of phenols is 1. The van der Waals surface area contributed by atoms with E-state index in [0.717, 1.165) is 0 Å². The van der Waals surface area contributed by atoms with Crippen LogP contribution in [0.5, 0.6) is 5.75 Å². The molecule has 6 nitrogen and oxygen atoms in total. The molecule has 3 aromatic rings. The Morgan fingerprint density at radius 3 is 2.06 bits per heavy atom. The summed E-state index contributed by atoms with van der Waals surface area (Å²) in [5.41, 5.74) is 1.39. The normalized spacial score (nSPS) is 10.4. The second-order valence-corrected chi connectivity index (χ2v) is 7.23. The zero-order valence-corrected chi connectivity index (χ0v) is 17.4. The van der Waals surface area contributed by atoms with Crippen LogP contribution in [0.1, 0.15) is 43.1 Å². The zero-order valence-electron chi connectivity index (χ0n) is 16.6. The van der Waals surface area contributed by atoms with Gasteiger partial charge in [0, 0.05) is 34.8 Å². The molecule has 0 bridgehead atoms. The van der Waals surface area contributed by atoms with Crippen molar-refractivity contribution < 1.29 is 19.5 Å². The summed E-state index contributed by atoms with van der Waals surface area (Å²) in [4.78, 5) is 37.5. The number of rotatable bonds is 8. The third-order valence-corrected chi connectivity index (χ3v) is 4.81. The van der Waals surface area contributed by atoms with Crippen molar-refractivity contribution in [2.45, 2.75) is 6.42 Å². The first-order valence-electron chi connectivity index (χ1n) is 9.70. The molecule has 0 fully saturated rings. The molecule has 3 aromatic carbocycles. The summed E-state index contributed by atoms with van der Waals surface area (Å²) in [6, 6.07) is 19.2. The molecule has 0 spiro atoms. The number of hydrogen-bond donors (Lipinski definition) is 3. The molecule has 0 atom stereocenters. The Hall–Kier alpha value is -3.64. The van der Waals surface area contributed by atoms with E-state index in [4.69, 9.17) is 11.6 Å². The number of aromatic hydroxyl groups is 1. The molecule has 0 aromatic heterocycles. The Labute approximate surface area is 184 Å². The Balaban J connectivity index is 1.53. The van der Waals surface area contributed by atoms with Crippen LogP contribution >= 0.6 is 11.6 Å². The molecular formula is C24H21ClN2O4. The highest BCUT2D eigenvalue weighted by Crippen LogP contribution is 2.17. The quantitative estimate of drug-likeness (QED) is 0.369. The van der Waals surface area contributed by atoms with Crippen molar-refractivity contribution in [3.05, 3.63) is 100 Å². The fraction of sp³-hybridized carbons (Fsp3) is 0.125. The minimum atomic E-state index is -0.364. The van der Waals surface area contributed by atoms with Gasteiger partial charge in [-0.25, -0.2) is 0 Å². The van der Waals surface area contributed by atoms with Crippen LogP contribution in [0, 0.1) is 0 Å². The van der Waals surface area contributed by atoms with Crippen LogP contribution in [0.2, 0.25) is 5.02 Å². The van der Waals surface area contributed by atoms with E-state index in [1.807, 2.05) is 0 Å². The van der Waals surface area contributed by atoms with Gasteiger partial charge in [0.25, 0.3) is 11.8 Å². The van der Waals surface area contributed by atoms with Crippen molar-refractivity contribution in [3.8, 4) is 5.75 Å². The molecule has 0 saturated heterocycles. The van der Waals surface area contributed by atoms with Crippen molar-refractivity contribution in [2.24, 2.45) is 0 Å². The molecule has 0 aliphatic carbocycles. The van der Waals surface area contributed by atoms with E-state index < -0.39 is 0 Å². The van der Waals surface area contributed by atoms with Crippen molar-refractivity contribution in [1.82, 2.24) is 10.6 Å². The fourth-order valence-electron chi connectivity index (χ4n) is 2.97. The van der Waals surface area contributed by atoms with E-state index in [2.05, 4.69) is 10.6 Å². The van der Waals surface area contributed by atoms with Gasteiger partial charge in [-0.05, 0) is 55.0 Å². The Morgan fingerprint density at radius 2 is 1.39 bits per heavy atom. The van der Waals surface area contributed by atoms with Gasteiger partial charge in [0.2, 0.25) is 0 Å². The van der Waals surface area contributed by atoms with Crippen molar-refractivity contribution >= 4 is 29.2 Å². The number of nitrogens with one attached hydrogen (secondary N) is 2. The summed E-state index contributed by atoms with van der Waals surface area (Å²) in [6.07, 6.45) is 0.504. The molecule has 0 radical (unpaired) electrons. The Morgan fingerprint density at radius 1 is 0.742 bits per heavy atom. The van der Waals surface area contributed by atoms with Gasteiger partial charge in [-0.2, -0.15) is 0 Å². The summed E-state index contributed by atoms with van der Waals surface area (Å²) in [7, 11) is 0. The SMILES string of the molecule is O=C(NCCCNC(=O)c1ccccc1C(=O)c1ccc(Cl)cc1)c1cccc(O)c1. The Kier molecular flexibility index (Phi) is 7.40. The highest BCUT2D eigenvalue weighted by molar-refractivity contribution is 6.30. The maximum absolute atomic E-state index is 12.8. The number of halogens is 1. The number of phenolic OH excluding ortho intramolecular Hbond substituents is 1. The summed E-state index contributed by atoms with van der Waals surface area (Å²) in [5.74, 6) is -0.911. The number of benzene rings is 3. The maximum atomic E-state index is 12.8. The fourth-order valence-corrected chi connectivity index (χ4v) is 3.10. The van der Waals surface area contributed by atoms with Crippen molar-refractivity contribution in [1.29, 1.82) is 0 Å². The van der Waals surface area contributed by atoms with E-state index in [0.29, 0.717) is 41.2 Å². The van der Waals surface area contributed by atoms with Gasteiger partial charge in [0.15, 0.2) is 5.78 Å². The topological polar surface area (TPSA) is 95.5 Å². The average molecular weight is 437 g/mol. The first-order valence-corrected chi connectivity index (χ1v) is 10.1. The van der Waals surface area contributed by atoms with Crippen molar-refractivity contribution in [3.63, 3.8) is 0 Å². The molecule has 31 heavy (non-hydrogen) atoms. The number of carbonyl (C=O) groups excluding carboxylic acids is 3. The van der Waals surface area contributed by atoms with E-state index >= 15 is 0 Å². The third kappa shape index (κ3) is 5.93. The Bertz CT molecular complexity index is 1100. The van der Waals surface area contributed by atoms with E-state index in [9.17, 15) is 19.5 Å². The van der Waals surface area contributed by atoms with Crippen LogP contribution in [-0.4, -0.2) is 35.8 Å². The first kappa shape index (κ1) is 22.1. The number of amides is 2. The highest BCUT2D eigenvalue weighted by atomic mass is 35.5. The van der Waals surface area contributed by atoms with Gasteiger partial charge in [0.05, 0.1) is 5.56 Å². The molecule has 3 rings (SSSR count). The van der Waals surface area contributed by atoms with Gasteiger partial charge in [0.1, 0.15) is 5.75 Å². The second kappa shape index (κ2) is 10.4. The molecule has 0 aliphatic heterocycles. The lowest BCUT2D eigenvalue weighted by atomic mass is 9.98.